The number of tetrazole rings is 1. The van der Waals surface area contributed by atoms with Gasteiger partial charge in [-0.2, -0.15) is 0 Å². The molecular weight excluding hydrogens is 124 g/mol. The maximum Gasteiger partial charge on any atom is 0.395 e. The van der Waals surface area contributed by atoms with Crippen molar-refractivity contribution in [3.63, 3.8) is 0 Å². The van der Waals surface area contributed by atoms with Crippen LogP contribution in [0.1, 0.15) is 6.92 Å². The summed E-state index contributed by atoms with van der Waals surface area (Å²) in [5, 5.41) is 8.55. The van der Waals surface area contributed by atoms with E-state index in [1.807, 2.05) is 0 Å². The number of rotatable bonds is 2. The Morgan fingerprint density at radius 2 is 2.67 bits per heavy atom. The molecule has 0 aliphatic rings. The van der Waals surface area contributed by atoms with E-state index in [0.29, 0.717) is 6.61 Å². The Bertz CT molecular complexity index is 226. The molecule has 1 aromatic heterocycles. The molecule has 6 heteroatoms. The fourth-order valence-electron chi connectivity index (χ4n) is 0.396. The van der Waals surface area contributed by atoms with Crippen LogP contribution in [-0.2, 0) is 0 Å². The summed E-state index contributed by atoms with van der Waals surface area (Å²) in [6, 6.07) is 0. The van der Waals surface area contributed by atoms with Crippen molar-refractivity contribution >= 4 is 0 Å². The highest BCUT2D eigenvalue weighted by atomic mass is 16.7. The molecule has 0 saturated heterocycles. The predicted molar refractivity (Wildman–Crippen MR) is 27.8 cm³/mol. The van der Waals surface area contributed by atoms with Crippen LogP contribution < -0.4 is 10.5 Å². The highest BCUT2D eigenvalue weighted by Gasteiger charge is 1.94. The third-order valence-corrected chi connectivity index (χ3v) is 0.697. The molecule has 0 saturated carbocycles. The molecule has 1 rings (SSSR count). The molecule has 6 nitrogen and oxygen atoms in total. The molecular formula is C3H6N4O2. The van der Waals surface area contributed by atoms with Gasteiger partial charge in [-0.25, -0.2) is 9.89 Å². The fourth-order valence-corrected chi connectivity index (χ4v) is 0.396. The van der Waals surface area contributed by atoms with Crippen LogP contribution in [0.5, 0.6) is 0 Å². The first-order chi connectivity index (χ1) is 4.34. The van der Waals surface area contributed by atoms with Gasteiger partial charge in [-0.05, 0) is 22.2 Å². The Hall–Kier alpha value is -1.33. The summed E-state index contributed by atoms with van der Waals surface area (Å²) in [6.07, 6.45) is 0. The molecule has 0 unspecified atom stereocenters. The van der Waals surface area contributed by atoms with E-state index < -0.39 is 5.69 Å². The number of nitrogens with one attached hydrogen (secondary N) is 1. The van der Waals surface area contributed by atoms with E-state index >= 15 is 0 Å². The van der Waals surface area contributed by atoms with Gasteiger partial charge in [0.15, 0.2) is 0 Å². The zero-order valence-corrected chi connectivity index (χ0v) is 4.87. The van der Waals surface area contributed by atoms with Crippen LogP contribution in [0, 0.1) is 0 Å². The number of H-pyrrole nitrogens is 1. The molecule has 0 amide bonds. The molecule has 1 aromatic rings. The van der Waals surface area contributed by atoms with E-state index in [1.54, 1.807) is 6.92 Å². The summed E-state index contributed by atoms with van der Waals surface area (Å²) < 4.78 is 0. The Morgan fingerprint density at radius 1 is 1.89 bits per heavy atom. The van der Waals surface area contributed by atoms with Crippen molar-refractivity contribution in [3.8, 4) is 0 Å². The minimum absolute atomic E-state index is 0.395. The molecule has 0 atom stereocenters. The van der Waals surface area contributed by atoms with Crippen LogP contribution in [-0.4, -0.2) is 27.0 Å². The van der Waals surface area contributed by atoms with E-state index in [0.717, 1.165) is 4.85 Å². The van der Waals surface area contributed by atoms with Gasteiger partial charge >= 0.3 is 5.69 Å². The maximum absolute atomic E-state index is 10.5. The van der Waals surface area contributed by atoms with E-state index in [-0.39, 0.29) is 0 Å². The van der Waals surface area contributed by atoms with Gasteiger partial charge in [0.2, 0.25) is 0 Å². The zero-order valence-electron chi connectivity index (χ0n) is 4.87. The molecule has 0 radical (unpaired) electrons. The molecule has 0 aromatic carbocycles. The van der Waals surface area contributed by atoms with E-state index in [1.165, 1.54) is 0 Å². The van der Waals surface area contributed by atoms with Gasteiger partial charge in [0.1, 0.15) is 6.61 Å². The van der Waals surface area contributed by atoms with Crippen LogP contribution >= 0.6 is 0 Å². The van der Waals surface area contributed by atoms with Crippen molar-refractivity contribution in [2.24, 2.45) is 0 Å². The lowest BCUT2D eigenvalue weighted by Gasteiger charge is -1.93. The second-order valence-electron chi connectivity index (χ2n) is 1.30. The minimum atomic E-state index is -0.461. The highest BCUT2D eigenvalue weighted by molar-refractivity contribution is 4.42. The van der Waals surface area contributed by atoms with Crippen molar-refractivity contribution in [1.82, 2.24) is 20.4 Å². The van der Waals surface area contributed by atoms with Crippen molar-refractivity contribution in [2.75, 3.05) is 6.61 Å². The molecule has 0 aliphatic carbocycles. The van der Waals surface area contributed by atoms with Crippen molar-refractivity contribution < 1.29 is 4.84 Å². The van der Waals surface area contributed by atoms with Gasteiger partial charge in [0.25, 0.3) is 0 Å². The summed E-state index contributed by atoms with van der Waals surface area (Å²) in [5.41, 5.74) is -0.461. The topological polar surface area (TPSA) is 72.8 Å². The number of hydrogen-bond donors (Lipinski definition) is 1. The number of hydrogen-bond acceptors (Lipinski definition) is 4. The van der Waals surface area contributed by atoms with Crippen LogP contribution in [0.25, 0.3) is 0 Å². The Labute approximate surface area is 50.4 Å². The lowest BCUT2D eigenvalue weighted by atomic mass is 10.9. The highest BCUT2D eigenvalue weighted by Crippen LogP contribution is 1.59. The van der Waals surface area contributed by atoms with E-state index in [4.69, 9.17) is 0 Å². The predicted octanol–water partition coefficient (Wildman–Crippen LogP) is -1.59. The van der Waals surface area contributed by atoms with Gasteiger partial charge in [0, 0.05) is 0 Å². The minimum Gasteiger partial charge on any atom is -0.391 e. The summed E-state index contributed by atoms with van der Waals surface area (Å²) in [5.74, 6) is 0. The molecule has 0 spiro atoms. The van der Waals surface area contributed by atoms with Crippen LogP contribution in [0.3, 0.4) is 0 Å². The third-order valence-electron chi connectivity index (χ3n) is 0.697. The molecule has 50 valence electrons. The Kier molecular flexibility index (Phi) is 1.48. The van der Waals surface area contributed by atoms with Crippen molar-refractivity contribution in [3.05, 3.63) is 10.5 Å². The lowest BCUT2D eigenvalue weighted by molar-refractivity contribution is 0.0811. The van der Waals surface area contributed by atoms with Crippen LogP contribution in [0.4, 0.5) is 0 Å². The number of aromatic amines is 1. The zero-order chi connectivity index (χ0) is 6.69. The first kappa shape index (κ1) is 5.80. The van der Waals surface area contributed by atoms with E-state index in [9.17, 15) is 4.79 Å². The largest absolute Gasteiger partial charge is 0.395 e. The first-order valence-corrected chi connectivity index (χ1v) is 2.48. The second-order valence-corrected chi connectivity index (χ2v) is 1.30. The Morgan fingerprint density at radius 3 is 3.11 bits per heavy atom. The Balaban J connectivity index is 2.81. The fraction of sp³-hybridized carbons (Fsp3) is 0.667. The molecule has 0 bridgehead atoms. The van der Waals surface area contributed by atoms with Gasteiger partial charge in [-0.3, -0.25) is 0 Å². The quantitative estimate of drug-likeness (QED) is 0.524. The summed E-state index contributed by atoms with van der Waals surface area (Å²) in [4.78, 5) is 15.9. The van der Waals surface area contributed by atoms with Crippen molar-refractivity contribution in [2.45, 2.75) is 6.92 Å². The lowest BCUT2D eigenvalue weighted by Crippen LogP contribution is -2.25. The van der Waals surface area contributed by atoms with Crippen molar-refractivity contribution in [1.29, 1.82) is 0 Å². The molecule has 9 heavy (non-hydrogen) atoms. The summed E-state index contributed by atoms with van der Waals surface area (Å²) >= 11 is 0. The average molecular weight is 130 g/mol. The third kappa shape index (κ3) is 1.07. The summed E-state index contributed by atoms with van der Waals surface area (Å²) in [6.45, 7) is 2.15. The molecule has 1 N–H and O–H groups in total. The molecule has 0 aliphatic heterocycles. The van der Waals surface area contributed by atoms with Gasteiger partial charge in [-0.1, -0.05) is 0 Å². The second kappa shape index (κ2) is 2.29. The summed E-state index contributed by atoms with van der Waals surface area (Å²) in [7, 11) is 0. The molecule has 1 heterocycles. The maximum atomic E-state index is 10.5. The average Bonchev–Trinajstić information content (AvgIpc) is 2.18. The van der Waals surface area contributed by atoms with E-state index in [2.05, 4.69) is 20.4 Å². The molecule has 0 fully saturated rings. The van der Waals surface area contributed by atoms with Gasteiger partial charge in [0.05, 0.1) is 0 Å². The SMILES string of the molecule is CCOn1nn[nH]c1=O. The number of aromatic nitrogens is 4. The standard InChI is InChI=1S/C3H6N4O2/c1-2-9-7-3(8)4-5-6-7/h2H2,1H3,(H,4,6,8). The van der Waals surface area contributed by atoms with Crippen LogP contribution in [0.2, 0.25) is 0 Å². The monoisotopic (exact) mass is 130 g/mol. The smallest absolute Gasteiger partial charge is 0.391 e. The normalized spacial score (nSPS) is 9.44. The van der Waals surface area contributed by atoms with Gasteiger partial charge < -0.3 is 4.84 Å². The number of nitrogens with zero attached hydrogens (tertiary/aromatic N) is 3. The van der Waals surface area contributed by atoms with Gasteiger partial charge in [-0.15, -0.1) is 0 Å². The first-order valence-electron chi connectivity index (χ1n) is 2.48. The van der Waals surface area contributed by atoms with Crippen LogP contribution in [0.15, 0.2) is 4.79 Å².